The lowest BCUT2D eigenvalue weighted by atomic mass is 9.96. The number of Topliss-reactive ketones (excluding diaryl/α,β-unsaturated/α-hetero) is 1. The number of hydrogen-bond donors (Lipinski definition) is 1. The van der Waals surface area contributed by atoms with Gasteiger partial charge in [0.25, 0.3) is 11.7 Å². The van der Waals surface area contributed by atoms with E-state index < -0.39 is 17.7 Å². The van der Waals surface area contributed by atoms with Gasteiger partial charge in [-0.3, -0.25) is 14.5 Å². The smallest absolute Gasteiger partial charge is 0.295 e. The third-order valence-electron chi connectivity index (χ3n) is 6.72. The van der Waals surface area contributed by atoms with Gasteiger partial charge in [0, 0.05) is 32.4 Å². The van der Waals surface area contributed by atoms with Crippen molar-refractivity contribution in [3.8, 4) is 0 Å². The van der Waals surface area contributed by atoms with E-state index in [4.69, 9.17) is 4.74 Å². The van der Waals surface area contributed by atoms with Crippen LogP contribution >= 0.6 is 0 Å². The van der Waals surface area contributed by atoms with Crippen LogP contribution in [-0.4, -0.2) is 75.4 Å². The van der Waals surface area contributed by atoms with Gasteiger partial charge in [0.05, 0.1) is 30.5 Å². The zero-order valence-electron chi connectivity index (χ0n) is 19.4. The maximum Gasteiger partial charge on any atom is 0.295 e. The van der Waals surface area contributed by atoms with E-state index in [1.165, 1.54) is 0 Å². The number of imidazole rings is 1. The van der Waals surface area contributed by atoms with Gasteiger partial charge in [-0.1, -0.05) is 36.4 Å². The van der Waals surface area contributed by atoms with E-state index >= 15 is 0 Å². The van der Waals surface area contributed by atoms with Gasteiger partial charge < -0.3 is 19.1 Å². The van der Waals surface area contributed by atoms with Crippen molar-refractivity contribution in [2.75, 3.05) is 39.4 Å². The number of rotatable bonds is 5. The number of morpholine rings is 1. The minimum Gasteiger partial charge on any atom is -0.505 e. The molecular weight excluding hydrogens is 432 g/mol. The van der Waals surface area contributed by atoms with Crippen LogP contribution in [-0.2, 0) is 14.3 Å². The molecule has 2 aliphatic rings. The summed E-state index contributed by atoms with van der Waals surface area (Å²) in [5.74, 6) is -1.51. The number of carbonyl (C=O) groups excluding carboxylic acids is 2. The molecule has 3 aromatic rings. The second-order valence-electron chi connectivity index (χ2n) is 8.79. The van der Waals surface area contributed by atoms with Gasteiger partial charge in [0.15, 0.2) is 5.76 Å². The first-order chi connectivity index (χ1) is 16.5. The number of fused-ring (bicyclic) bond motifs is 1. The number of pyridine rings is 1. The lowest BCUT2D eigenvalue weighted by Crippen LogP contribution is -2.42. The third kappa shape index (κ3) is 3.78. The lowest BCUT2D eigenvalue weighted by Gasteiger charge is -2.31. The summed E-state index contributed by atoms with van der Waals surface area (Å²) >= 11 is 0. The standard InChI is InChI=1S/C26H28N4O4/c1-17-7-6-10-29-18(2)21(27-25(17)29)23(31)20-22(19-8-4-3-5-9-19)30(26(33)24(20)32)12-11-28-13-15-34-16-14-28/h3-10,22,31H,11-16H2,1-2H3. The molecule has 8 nitrogen and oxygen atoms in total. The van der Waals surface area contributed by atoms with Crippen LogP contribution < -0.4 is 0 Å². The molecule has 0 aliphatic carbocycles. The quantitative estimate of drug-likeness (QED) is 0.358. The average Bonchev–Trinajstić information content (AvgIpc) is 3.33. The van der Waals surface area contributed by atoms with Gasteiger partial charge in [-0.2, -0.15) is 0 Å². The highest BCUT2D eigenvalue weighted by Gasteiger charge is 2.46. The monoisotopic (exact) mass is 460 g/mol. The van der Waals surface area contributed by atoms with Crippen molar-refractivity contribution in [1.82, 2.24) is 19.2 Å². The molecule has 2 aliphatic heterocycles. The lowest BCUT2D eigenvalue weighted by molar-refractivity contribution is -0.140. The number of amides is 1. The second-order valence-corrected chi connectivity index (χ2v) is 8.79. The molecule has 2 aromatic heterocycles. The Balaban J connectivity index is 1.59. The summed E-state index contributed by atoms with van der Waals surface area (Å²) < 4.78 is 7.30. The summed E-state index contributed by atoms with van der Waals surface area (Å²) in [5.41, 5.74) is 3.56. The number of ketones is 1. The van der Waals surface area contributed by atoms with E-state index in [-0.39, 0.29) is 11.3 Å². The van der Waals surface area contributed by atoms with Crippen LogP contribution in [0.1, 0.15) is 28.6 Å². The van der Waals surface area contributed by atoms with Crippen molar-refractivity contribution in [3.63, 3.8) is 0 Å². The Labute approximate surface area is 198 Å². The molecule has 0 bridgehead atoms. The number of ether oxygens (including phenoxy) is 1. The van der Waals surface area contributed by atoms with E-state index in [1.807, 2.05) is 66.9 Å². The Hall–Kier alpha value is -3.49. The number of likely N-dealkylation sites (tertiary alicyclic amines) is 1. The Bertz CT molecular complexity index is 1270. The summed E-state index contributed by atoms with van der Waals surface area (Å²) in [7, 11) is 0. The first-order valence-electron chi connectivity index (χ1n) is 11.6. The molecule has 2 fully saturated rings. The molecule has 1 unspecified atom stereocenters. The number of aliphatic hydroxyl groups is 1. The molecule has 176 valence electrons. The largest absolute Gasteiger partial charge is 0.505 e. The molecule has 4 heterocycles. The zero-order valence-corrected chi connectivity index (χ0v) is 19.4. The summed E-state index contributed by atoms with van der Waals surface area (Å²) in [5, 5.41) is 11.4. The SMILES string of the molecule is Cc1cccn2c(C)c(C(O)=C3C(=O)C(=O)N(CCN4CCOCC4)C3c3ccccc3)nc12. The summed E-state index contributed by atoms with van der Waals surface area (Å²) in [4.78, 5) is 34.9. The Morgan fingerprint density at radius 3 is 2.50 bits per heavy atom. The summed E-state index contributed by atoms with van der Waals surface area (Å²) in [6.07, 6.45) is 1.87. The Kier molecular flexibility index (Phi) is 5.93. The Morgan fingerprint density at radius 1 is 1.06 bits per heavy atom. The molecular formula is C26H28N4O4. The predicted molar refractivity (Wildman–Crippen MR) is 127 cm³/mol. The zero-order chi connectivity index (χ0) is 23.8. The van der Waals surface area contributed by atoms with Gasteiger partial charge in [0.2, 0.25) is 0 Å². The molecule has 1 amide bonds. The fraction of sp³-hybridized carbons (Fsp3) is 0.346. The number of nitrogens with zero attached hydrogens (tertiary/aromatic N) is 4. The molecule has 1 atom stereocenters. The second kappa shape index (κ2) is 9.04. The minimum absolute atomic E-state index is 0.0855. The maximum atomic E-state index is 13.3. The van der Waals surface area contributed by atoms with Crippen LogP contribution in [0.2, 0.25) is 0 Å². The van der Waals surface area contributed by atoms with Crippen molar-refractivity contribution in [2.45, 2.75) is 19.9 Å². The normalized spacial score (nSPS) is 21.0. The summed E-state index contributed by atoms with van der Waals surface area (Å²) in [6.45, 7) is 7.71. The molecule has 0 spiro atoms. The molecule has 5 rings (SSSR count). The molecule has 1 aromatic carbocycles. The number of benzene rings is 1. The molecule has 2 saturated heterocycles. The highest BCUT2D eigenvalue weighted by Crippen LogP contribution is 2.39. The highest BCUT2D eigenvalue weighted by molar-refractivity contribution is 6.46. The van der Waals surface area contributed by atoms with Crippen molar-refractivity contribution in [1.29, 1.82) is 0 Å². The highest BCUT2D eigenvalue weighted by atomic mass is 16.5. The van der Waals surface area contributed by atoms with E-state index in [1.54, 1.807) is 4.90 Å². The van der Waals surface area contributed by atoms with Gasteiger partial charge >= 0.3 is 0 Å². The molecule has 34 heavy (non-hydrogen) atoms. The molecule has 1 N–H and O–H groups in total. The molecule has 0 saturated carbocycles. The van der Waals surface area contributed by atoms with E-state index in [0.29, 0.717) is 43.3 Å². The van der Waals surface area contributed by atoms with Crippen molar-refractivity contribution in [2.24, 2.45) is 0 Å². The fourth-order valence-corrected chi connectivity index (χ4v) is 4.84. The van der Waals surface area contributed by atoms with Gasteiger partial charge in [-0.05, 0) is 31.0 Å². The minimum atomic E-state index is -0.679. The van der Waals surface area contributed by atoms with Crippen LogP contribution in [0, 0.1) is 13.8 Å². The predicted octanol–water partition coefficient (Wildman–Crippen LogP) is 2.71. The van der Waals surface area contributed by atoms with Gasteiger partial charge in [0.1, 0.15) is 11.3 Å². The van der Waals surface area contributed by atoms with Crippen LogP contribution in [0.4, 0.5) is 0 Å². The van der Waals surface area contributed by atoms with E-state index in [2.05, 4.69) is 9.88 Å². The number of hydrogen-bond acceptors (Lipinski definition) is 6. The molecule has 0 radical (unpaired) electrons. The van der Waals surface area contributed by atoms with Gasteiger partial charge in [-0.25, -0.2) is 4.98 Å². The molecule has 8 heteroatoms. The maximum absolute atomic E-state index is 13.3. The van der Waals surface area contributed by atoms with Gasteiger partial charge in [-0.15, -0.1) is 0 Å². The van der Waals surface area contributed by atoms with Crippen molar-refractivity contribution in [3.05, 3.63) is 76.7 Å². The van der Waals surface area contributed by atoms with Crippen LogP contribution in [0.5, 0.6) is 0 Å². The van der Waals surface area contributed by atoms with Crippen LogP contribution in [0.25, 0.3) is 11.4 Å². The van der Waals surface area contributed by atoms with Crippen molar-refractivity contribution < 1.29 is 19.4 Å². The Morgan fingerprint density at radius 2 is 1.79 bits per heavy atom. The number of aryl methyl sites for hydroxylation is 2. The number of carbonyl (C=O) groups is 2. The van der Waals surface area contributed by atoms with Crippen LogP contribution in [0.3, 0.4) is 0 Å². The summed E-state index contributed by atoms with van der Waals surface area (Å²) in [6, 6.07) is 12.6. The van der Waals surface area contributed by atoms with E-state index in [0.717, 1.165) is 24.2 Å². The first-order valence-corrected chi connectivity index (χ1v) is 11.6. The van der Waals surface area contributed by atoms with Crippen LogP contribution in [0.15, 0.2) is 54.2 Å². The fourth-order valence-electron chi connectivity index (χ4n) is 4.84. The third-order valence-corrected chi connectivity index (χ3v) is 6.72. The number of aromatic nitrogens is 2. The average molecular weight is 461 g/mol. The van der Waals surface area contributed by atoms with Crippen molar-refractivity contribution >= 4 is 23.1 Å². The first kappa shape index (κ1) is 22.3. The van der Waals surface area contributed by atoms with E-state index in [9.17, 15) is 14.7 Å². The number of aliphatic hydroxyl groups excluding tert-OH is 1. The topological polar surface area (TPSA) is 87.4 Å².